The lowest BCUT2D eigenvalue weighted by atomic mass is 10.0. The van der Waals surface area contributed by atoms with Crippen molar-refractivity contribution in [1.29, 1.82) is 0 Å². The summed E-state index contributed by atoms with van der Waals surface area (Å²) in [5.41, 5.74) is 0.969. The molecule has 0 spiro atoms. The first-order valence-electron chi connectivity index (χ1n) is 4.36. The van der Waals surface area contributed by atoms with Gasteiger partial charge in [0.05, 0.1) is 5.69 Å². The van der Waals surface area contributed by atoms with Gasteiger partial charge in [0, 0.05) is 19.1 Å². The molecule has 0 saturated carbocycles. The number of hydrogen-bond donors (Lipinski definition) is 0. The fourth-order valence-electron chi connectivity index (χ4n) is 1.50. The Morgan fingerprint density at radius 1 is 1.42 bits per heavy atom. The van der Waals surface area contributed by atoms with E-state index in [1.807, 2.05) is 6.92 Å². The summed E-state index contributed by atoms with van der Waals surface area (Å²) in [5, 5.41) is 0. The molecule has 1 aromatic rings. The molecule has 66 valence electrons. The summed E-state index contributed by atoms with van der Waals surface area (Å²) in [4.78, 5) is 4.31. The molecular weight excluding hydrogens is 154 g/mol. The van der Waals surface area contributed by atoms with E-state index >= 15 is 0 Å². The summed E-state index contributed by atoms with van der Waals surface area (Å²) in [7, 11) is 0. The molecule has 1 fully saturated rings. The molecule has 0 bridgehead atoms. The second-order valence-corrected chi connectivity index (χ2v) is 3.21. The average molecular weight is 167 g/mol. The van der Waals surface area contributed by atoms with E-state index in [-0.39, 0.29) is 0 Å². The van der Waals surface area contributed by atoms with Gasteiger partial charge in [-0.3, -0.25) is 0 Å². The van der Waals surface area contributed by atoms with Gasteiger partial charge >= 0.3 is 0 Å². The van der Waals surface area contributed by atoms with Crippen molar-refractivity contribution in [3.63, 3.8) is 0 Å². The van der Waals surface area contributed by atoms with E-state index in [2.05, 4.69) is 4.98 Å². The van der Waals surface area contributed by atoms with Crippen molar-refractivity contribution >= 4 is 0 Å². The number of ether oxygens (including phenoxy) is 1. The molecule has 0 aliphatic carbocycles. The van der Waals surface area contributed by atoms with E-state index < -0.39 is 0 Å². The summed E-state index contributed by atoms with van der Waals surface area (Å²) in [6, 6.07) is 0. The molecule has 2 rings (SSSR count). The lowest BCUT2D eigenvalue weighted by molar-refractivity contribution is 0.0794. The van der Waals surface area contributed by atoms with Crippen LogP contribution in [-0.2, 0) is 4.74 Å². The third-order valence-corrected chi connectivity index (χ3v) is 2.21. The minimum atomic E-state index is 0.479. The molecule has 0 atom stereocenters. The highest BCUT2D eigenvalue weighted by Gasteiger charge is 2.19. The number of nitrogens with zero attached hydrogens (tertiary/aromatic N) is 1. The Hall–Kier alpha value is -0.830. The fourth-order valence-corrected chi connectivity index (χ4v) is 1.50. The predicted molar refractivity (Wildman–Crippen MR) is 44.0 cm³/mol. The third kappa shape index (κ3) is 1.50. The summed E-state index contributed by atoms with van der Waals surface area (Å²) in [6.45, 7) is 3.63. The van der Waals surface area contributed by atoms with Crippen molar-refractivity contribution in [2.45, 2.75) is 25.7 Å². The van der Waals surface area contributed by atoms with Crippen LogP contribution in [0.25, 0.3) is 0 Å². The van der Waals surface area contributed by atoms with E-state index in [4.69, 9.17) is 9.15 Å². The second-order valence-electron chi connectivity index (χ2n) is 3.21. The van der Waals surface area contributed by atoms with Gasteiger partial charge in [0.15, 0.2) is 5.89 Å². The maximum absolute atomic E-state index is 5.34. The number of rotatable bonds is 1. The first-order chi connectivity index (χ1) is 5.86. The molecule has 0 N–H and O–H groups in total. The molecule has 1 aromatic heterocycles. The maximum atomic E-state index is 5.34. The summed E-state index contributed by atoms with van der Waals surface area (Å²) in [6.07, 6.45) is 3.80. The van der Waals surface area contributed by atoms with Crippen LogP contribution in [0.4, 0.5) is 0 Å². The van der Waals surface area contributed by atoms with Crippen molar-refractivity contribution in [3.8, 4) is 0 Å². The molecule has 0 amide bonds. The molecule has 1 aliphatic rings. The Balaban J connectivity index is 2.08. The minimum Gasteiger partial charge on any atom is -0.448 e. The van der Waals surface area contributed by atoms with Crippen LogP contribution in [0.3, 0.4) is 0 Å². The van der Waals surface area contributed by atoms with Crippen LogP contribution in [0, 0.1) is 6.92 Å². The summed E-state index contributed by atoms with van der Waals surface area (Å²) in [5.74, 6) is 1.36. The van der Waals surface area contributed by atoms with Gasteiger partial charge in [0.1, 0.15) is 6.26 Å². The largest absolute Gasteiger partial charge is 0.448 e. The quantitative estimate of drug-likeness (QED) is 0.640. The van der Waals surface area contributed by atoms with Crippen LogP contribution < -0.4 is 0 Å². The topological polar surface area (TPSA) is 35.3 Å². The molecule has 0 unspecified atom stereocenters. The maximum Gasteiger partial charge on any atom is 0.197 e. The number of hydrogen-bond acceptors (Lipinski definition) is 3. The molecule has 3 heteroatoms. The standard InChI is InChI=1S/C9H13NO2/c1-7-6-12-9(10-7)8-2-4-11-5-3-8/h6,8H,2-5H2,1H3. The molecule has 0 aromatic carbocycles. The van der Waals surface area contributed by atoms with Crippen molar-refractivity contribution in [2.24, 2.45) is 0 Å². The molecule has 2 heterocycles. The van der Waals surface area contributed by atoms with Gasteiger partial charge in [-0.1, -0.05) is 0 Å². The zero-order chi connectivity index (χ0) is 8.39. The first-order valence-corrected chi connectivity index (χ1v) is 4.36. The number of oxazole rings is 1. The normalized spacial score (nSPS) is 19.8. The van der Waals surface area contributed by atoms with Crippen LogP contribution in [0.1, 0.15) is 30.3 Å². The van der Waals surface area contributed by atoms with Crippen LogP contribution in [0.2, 0.25) is 0 Å². The lowest BCUT2D eigenvalue weighted by Gasteiger charge is -2.18. The molecule has 3 nitrogen and oxygen atoms in total. The SMILES string of the molecule is Cc1coc(C2CCOCC2)n1. The molecule has 1 aliphatic heterocycles. The van der Waals surface area contributed by atoms with Crippen LogP contribution in [-0.4, -0.2) is 18.2 Å². The van der Waals surface area contributed by atoms with E-state index in [1.165, 1.54) is 0 Å². The van der Waals surface area contributed by atoms with Crippen molar-refractivity contribution in [3.05, 3.63) is 17.8 Å². The number of aryl methyl sites for hydroxylation is 1. The molecular formula is C9H13NO2. The Kier molecular flexibility index (Phi) is 2.13. The minimum absolute atomic E-state index is 0.479. The number of aromatic nitrogens is 1. The van der Waals surface area contributed by atoms with Gasteiger partial charge in [-0.15, -0.1) is 0 Å². The van der Waals surface area contributed by atoms with E-state index in [0.29, 0.717) is 5.92 Å². The highest BCUT2D eigenvalue weighted by atomic mass is 16.5. The van der Waals surface area contributed by atoms with Crippen molar-refractivity contribution < 1.29 is 9.15 Å². The summed E-state index contributed by atoms with van der Waals surface area (Å²) >= 11 is 0. The fraction of sp³-hybridized carbons (Fsp3) is 0.667. The molecule has 12 heavy (non-hydrogen) atoms. The zero-order valence-corrected chi connectivity index (χ0v) is 7.25. The Bertz CT molecular complexity index is 251. The Morgan fingerprint density at radius 3 is 2.75 bits per heavy atom. The first kappa shape index (κ1) is 7.80. The monoisotopic (exact) mass is 167 g/mol. The second kappa shape index (κ2) is 3.27. The lowest BCUT2D eigenvalue weighted by Crippen LogP contribution is -2.14. The highest BCUT2D eigenvalue weighted by molar-refractivity contribution is 4.99. The smallest absolute Gasteiger partial charge is 0.197 e. The predicted octanol–water partition coefficient (Wildman–Crippen LogP) is 1.88. The third-order valence-electron chi connectivity index (χ3n) is 2.21. The summed E-state index contributed by atoms with van der Waals surface area (Å²) < 4.78 is 10.6. The van der Waals surface area contributed by atoms with E-state index in [1.54, 1.807) is 6.26 Å². The van der Waals surface area contributed by atoms with Crippen LogP contribution >= 0.6 is 0 Å². The van der Waals surface area contributed by atoms with Crippen LogP contribution in [0.5, 0.6) is 0 Å². The Labute approximate surface area is 71.7 Å². The average Bonchev–Trinajstić information content (AvgIpc) is 2.54. The van der Waals surface area contributed by atoms with Gasteiger partial charge in [-0.2, -0.15) is 0 Å². The molecule has 1 saturated heterocycles. The van der Waals surface area contributed by atoms with Crippen molar-refractivity contribution in [1.82, 2.24) is 4.98 Å². The molecule has 0 radical (unpaired) electrons. The van der Waals surface area contributed by atoms with Crippen molar-refractivity contribution in [2.75, 3.05) is 13.2 Å². The van der Waals surface area contributed by atoms with Gasteiger partial charge in [-0.05, 0) is 19.8 Å². The van der Waals surface area contributed by atoms with Gasteiger partial charge in [0.2, 0.25) is 0 Å². The highest BCUT2D eigenvalue weighted by Crippen LogP contribution is 2.25. The van der Waals surface area contributed by atoms with Gasteiger partial charge < -0.3 is 9.15 Å². The van der Waals surface area contributed by atoms with E-state index in [9.17, 15) is 0 Å². The van der Waals surface area contributed by atoms with E-state index in [0.717, 1.165) is 37.6 Å². The van der Waals surface area contributed by atoms with Gasteiger partial charge in [-0.25, -0.2) is 4.98 Å². The zero-order valence-electron chi connectivity index (χ0n) is 7.25. The Morgan fingerprint density at radius 2 is 2.17 bits per heavy atom. The van der Waals surface area contributed by atoms with Crippen LogP contribution in [0.15, 0.2) is 10.7 Å². The van der Waals surface area contributed by atoms with Gasteiger partial charge in [0.25, 0.3) is 0 Å².